The molecule has 0 amide bonds. The molecule has 0 spiro atoms. The van der Waals surface area contributed by atoms with Crippen LogP contribution in [0.1, 0.15) is 41.7 Å². The molecule has 92 valence electrons. The molecule has 1 aromatic rings. The van der Waals surface area contributed by atoms with Crippen molar-refractivity contribution in [1.29, 1.82) is 0 Å². The van der Waals surface area contributed by atoms with Gasteiger partial charge in [-0.1, -0.05) is 18.2 Å². The number of benzene rings is 1. The Morgan fingerprint density at radius 2 is 1.47 bits per heavy atom. The molecule has 0 saturated heterocycles. The standard InChI is InChI=1S/C16H23N/c1-9(2)10(3)8-15-12(5)11(4)13(6)16(17)14(15)7/h8H,1,17H2,2-7H3/b10-8+. The number of hydrogen-bond donors (Lipinski definition) is 1. The van der Waals surface area contributed by atoms with Crippen LogP contribution in [0.25, 0.3) is 6.08 Å². The third-order valence-electron chi connectivity index (χ3n) is 3.78. The third-order valence-corrected chi connectivity index (χ3v) is 3.78. The van der Waals surface area contributed by atoms with Crippen molar-refractivity contribution in [3.63, 3.8) is 0 Å². The fourth-order valence-corrected chi connectivity index (χ4v) is 1.95. The van der Waals surface area contributed by atoms with Crippen molar-refractivity contribution in [2.24, 2.45) is 0 Å². The molecule has 0 aliphatic heterocycles. The highest BCUT2D eigenvalue weighted by molar-refractivity contribution is 5.72. The monoisotopic (exact) mass is 229 g/mol. The number of nitrogen functional groups attached to an aromatic ring is 1. The van der Waals surface area contributed by atoms with E-state index in [0.29, 0.717) is 0 Å². The summed E-state index contributed by atoms with van der Waals surface area (Å²) in [6, 6.07) is 0. The average molecular weight is 229 g/mol. The lowest BCUT2D eigenvalue weighted by molar-refractivity contribution is 1.22. The number of anilines is 1. The first-order chi connectivity index (χ1) is 7.77. The molecular weight excluding hydrogens is 206 g/mol. The summed E-state index contributed by atoms with van der Waals surface area (Å²) in [6.07, 6.45) is 2.19. The Kier molecular flexibility index (Phi) is 3.82. The fourth-order valence-electron chi connectivity index (χ4n) is 1.95. The lowest BCUT2D eigenvalue weighted by Crippen LogP contribution is -2.02. The molecule has 2 N–H and O–H groups in total. The van der Waals surface area contributed by atoms with Crippen LogP contribution in [-0.4, -0.2) is 0 Å². The van der Waals surface area contributed by atoms with Gasteiger partial charge in [-0.05, 0) is 74.9 Å². The Balaban J connectivity index is 3.56. The largest absolute Gasteiger partial charge is 0.398 e. The summed E-state index contributed by atoms with van der Waals surface area (Å²) < 4.78 is 0. The average Bonchev–Trinajstić information content (AvgIpc) is 2.29. The van der Waals surface area contributed by atoms with E-state index >= 15 is 0 Å². The molecule has 0 bridgehead atoms. The molecular formula is C16H23N. The fraction of sp³-hybridized carbons (Fsp3) is 0.375. The highest BCUT2D eigenvalue weighted by Crippen LogP contribution is 2.30. The SMILES string of the molecule is C=C(C)/C(C)=C/c1c(C)c(C)c(C)c(N)c1C. The van der Waals surface area contributed by atoms with Crippen molar-refractivity contribution in [3.05, 3.63) is 45.5 Å². The highest BCUT2D eigenvalue weighted by atomic mass is 14.6. The summed E-state index contributed by atoms with van der Waals surface area (Å²) in [7, 11) is 0. The molecule has 0 saturated carbocycles. The molecule has 0 aromatic heterocycles. The highest BCUT2D eigenvalue weighted by Gasteiger charge is 2.11. The Hall–Kier alpha value is -1.50. The maximum atomic E-state index is 6.15. The normalized spacial score (nSPS) is 11.8. The number of allylic oxidation sites excluding steroid dienone is 2. The number of nitrogens with two attached hydrogens (primary N) is 1. The van der Waals surface area contributed by atoms with Crippen LogP contribution in [0, 0.1) is 27.7 Å². The predicted octanol–water partition coefficient (Wildman–Crippen LogP) is 4.48. The van der Waals surface area contributed by atoms with Gasteiger partial charge >= 0.3 is 0 Å². The van der Waals surface area contributed by atoms with E-state index in [2.05, 4.69) is 47.3 Å². The molecule has 0 aliphatic carbocycles. The second-order valence-corrected chi connectivity index (χ2v) is 4.94. The van der Waals surface area contributed by atoms with Crippen molar-refractivity contribution in [2.45, 2.75) is 41.5 Å². The molecule has 0 aliphatic rings. The number of hydrogen-bond acceptors (Lipinski definition) is 1. The smallest absolute Gasteiger partial charge is 0.0382 e. The van der Waals surface area contributed by atoms with Crippen LogP contribution < -0.4 is 5.73 Å². The van der Waals surface area contributed by atoms with Gasteiger partial charge in [0.05, 0.1) is 0 Å². The van der Waals surface area contributed by atoms with Gasteiger partial charge < -0.3 is 5.73 Å². The van der Waals surface area contributed by atoms with Crippen LogP contribution in [0.4, 0.5) is 5.69 Å². The molecule has 0 unspecified atom stereocenters. The van der Waals surface area contributed by atoms with E-state index in [9.17, 15) is 0 Å². The second kappa shape index (κ2) is 4.79. The van der Waals surface area contributed by atoms with Crippen molar-refractivity contribution >= 4 is 11.8 Å². The van der Waals surface area contributed by atoms with Crippen LogP contribution >= 0.6 is 0 Å². The van der Waals surface area contributed by atoms with E-state index in [0.717, 1.165) is 11.3 Å². The zero-order chi connectivity index (χ0) is 13.3. The van der Waals surface area contributed by atoms with Crippen LogP contribution in [0.5, 0.6) is 0 Å². The summed E-state index contributed by atoms with van der Waals surface area (Å²) in [5.41, 5.74) is 15.6. The van der Waals surface area contributed by atoms with Crippen LogP contribution in [-0.2, 0) is 0 Å². The van der Waals surface area contributed by atoms with Gasteiger partial charge in [-0.3, -0.25) is 0 Å². The van der Waals surface area contributed by atoms with E-state index in [1.165, 1.54) is 33.4 Å². The lowest BCUT2D eigenvalue weighted by Gasteiger charge is -2.16. The molecule has 1 aromatic carbocycles. The summed E-state index contributed by atoms with van der Waals surface area (Å²) in [6.45, 7) is 16.6. The summed E-state index contributed by atoms with van der Waals surface area (Å²) in [5, 5.41) is 0. The van der Waals surface area contributed by atoms with Gasteiger partial charge in [-0.25, -0.2) is 0 Å². The van der Waals surface area contributed by atoms with Gasteiger partial charge in [-0.15, -0.1) is 0 Å². The van der Waals surface area contributed by atoms with Gasteiger partial charge in [0.15, 0.2) is 0 Å². The van der Waals surface area contributed by atoms with E-state index in [4.69, 9.17) is 5.73 Å². The molecule has 17 heavy (non-hydrogen) atoms. The zero-order valence-corrected chi connectivity index (χ0v) is 11.9. The predicted molar refractivity (Wildman–Crippen MR) is 78.3 cm³/mol. The molecule has 1 nitrogen and oxygen atoms in total. The van der Waals surface area contributed by atoms with Crippen molar-refractivity contribution < 1.29 is 0 Å². The summed E-state index contributed by atoms with van der Waals surface area (Å²) in [4.78, 5) is 0. The van der Waals surface area contributed by atoms with Crippen molar-refractivity contribution in [1.82, 2.24) is 0 Å². The molecule has 0 atom stereocenters. The third kappa shape index (κ3) is 2.44. The van der Waals surface area contributed by atoms with Gasteiger partial charge in [0.25, 0.3) is 0 Å². The zero-order valence-electron chi connectivity index (χ0n) is 11.9. The lowest BCUT2D eigenvalue weighted by atomic mass is 9.91. The maximum absolute atomic E-state index is 6.15. The second-order valence-electron chi connectivity index (χ2n) is 4.94. The van der Waals surface area contributed by atoms with Crippen LogP contribution in [0.2, 0.25) is 0 Å². The van der Waals surface area contributed by atoms with Crippen LogP contribution in [0.15, 0.2) is 17.7 Å². The van der Waals surface area contributed by atoms with Crippen molar-refractivity contribution in [2.75, 3.05) is 5.73 Å². The molecule has 0 fully saturated rings. The topological polar surface area (TPSA) is 26.0 Å². The van der Waals surface area contributed by atoms with E-state index in [1.54, 1.807) is 0 Å². The molecule has 1 heteroatoms. The van der Waals surface area contributed by atoms with Gasteiger partial charge in [0.1, 0.15) is 0 Å². The summed E-state index contributed by atoms with van der Waals surface area (Å²) >= 11 is 0. The minimum atomic E-state index is 0.911. The first-order valence-corrected chi connectivity index (χ1v) is 5.97. The Bertz CT molecular complexity index is 476. The van der Waals surface area contributed by atoms with E-state index < -0.39 is 0 Å². The van der Waals surface area contributed by atoms with Gasteiger partial charge in [0.2, 0.25) is 0 Å². The van der Waals surface area contributed by atoms with Gasteiger partial charge in [0, 0.05) is 5.69 Å². The minimum Gasteiger partial charge on any atom is -0.398 e. The minimum absolute atomic E-state index is 0.911. The molecule has 0 radical (unpaired) electrons. The molecule has 0 heterocycles. The van der Waals surface area contributed by atoms with Gasteiger partial charge in [-0.2, -0.15) is 0 Å². The van der Waals surface area contributed by atoms with Crippen LogP contribution in [0.3, 0.4) is 0 Å². The van der Waals surface area contributed by atoms with Crippen molar-refractivity contribution in [3.8, 4) is 0 Å². The quantitative estimate of drug-likeness (QED) is 0.587. The maximum Gasteiger partial charge on any atom is 0.0382 e. The number of rotatable bonds is 2. The first-order valence-electron chi connectivity index (χ1n) is 5.97. The first kappa shape index (κ1) is 13.6. The Labute approximate surface area is 105 Å². The molecule has 1 rings (SSSR count). The van der Waals surface area contributed by atoms with E-state index in [-0.39, 0.29) is 0 Å². The van der Waals surface area contributed by atoms with E-state index in [1.807, 2.05) is 6.92 Å². The Morgan fingerprint density at radius 3 is 1.94 bits per heavy atom. The Morgan fingerprint density at radius 1 is 0.941 bits per heavy atom. The summed E-state index contributed by atoms with van der Waals surface area (Å²) in [5.74, 6) is 0.